The second kappa shape index (κ2) is 10.1. The zero-order chi connectivity index (χ0) is 24.4. The van der Waals surface area contributed by atoms with Crippen LogP contribution in [0.5, 0.6) is 11.5 Å². The van der Waals surface area contributed by atoms with Gasteiger partial charge in [0.15, 0.2) is 11.5 Å². The van der Waals surface area contributed by atoms with Crippen LogP contribution in [0.15, 0.2) is 47.4 Å². The van der Waals surface area contributed by atoms with Crippen LogP contribution >= 0.6 is 0 Å². The quantitative estimate of drug-likeness (QED) is 0.644. The summed E-state index contributed by atoms with van der Waals surface area (Å²) in [5.74, 6) is 1.07. The summed E-state index contributed by atoms with van der Waals surface area (Å²) in [6.07, 6.45) is 1.85. The number of piperazine rings is 1. The van der Waals surface area contributed by atoms with E-state index < -0.39 is 10.0 Å². The fourth-order valence-corrected chi connectivity index (χ4v) is 6.55. The van der Waals surface area contributed by atoms with Gasteiger partial charge in [0, 0.05) is 63.4 Å². The van der Waals surface area contributed by atoms with E-state index in [0.29, 0.717) is 63.7 Å². The predicted molar refractivity (Wildman–Crippen MR) is 134 cm³/mol. The minimum atomic E-state index is -3.66. The van der Waals surface area contributed by atoms with E-state index in [1.54, 1.807) is 18.2 Å². The van der Waals surface area contributed by atoms with Crippen molar-refractivity contribution in [2.45, 2.75) is 31.1 Å². The molecule has 2 aromatic carbocycles. The summed E-state index contributed by atoms with van der Waals surface area (Å²) in [6.45, 7) is 6.85. The zero-order valence-electron chi connectivity index (χ0n) is 20.2. The molecule has 9 heteroatoms. The van der Waals surface area contributed by atoms with E-state index in [4.69, 9.17) is 9.47 Å². The minimum absolute atomic E-state index is 0.129. The molecular weight excluding hydrogens is 466 g/mol. The third-order valence-corrected chi connectivity index (χ3v) is 9.01. The van der Waals surface area contributed by atoms with Crippen LogP contribution in [0, 0.1) is 12.8 Å². The molecule has 8 nitrogen and oxygen atoms in total. The number of aryl methyl sites for hydroxylation is 1. The maximum Gasteiger partial charge on any atom is 0.243 e. The van der Waals surface area contributed by atoms with Crippen LogP contribution in [-0.2, 0) is 14.8 Å². The van der Waals surface area contributed by atoms with Gasteiger partial charge in [0.25, 0.3) is 0 Å². The molecule has 2 fully saturated rings. The van der Waals surface area contributed by atoms with Crippen molar-refractivity contribution in [3.05, 3.63) is 48.0 Å². The van der Waals surface area contributed by atoms with Crippen LogP contribution in [0.1, 0.15) is 24.8 Å². The number of hydrogen-bond donors (Lipinski definition) is 0. The molecule has 3 aliphatic heterocycles. The first-order chi connectivity index (χ1) is 16.9. The van der Waals surface area contributed by atoms with Crippen molar-refractivity contribution in [3.63, 3.8) is 0 Å². The molecule has 35 heavy (non-hydrogen) atoms. The first-order valence-corrected chi connectivity index (χ1v) is 13.9. The van der Waals surface area contributed by atoms with Gasteiger partial charge in [-0.15, -0.1) is 0 Å². The molecule has 1 amide bonds. The van der Waals surface area contributed by atoms with E-state index in [-0.39, 0.29) is 16.7 Å². The van der Waals surface area contributed by atoms with Crippen LogP contribution in [-0.4, -0.2) is 76.0 Å². The van der Waals surface area contributed by atoms with Crippen LogP contribution in [0.2, 0.25) is 0 Å². The predicted octanol–water partition coefficient (Wildman–Crippen LogP) is 2.91. The molecule has 0 unspecified atom stereocenters. The van der Waals surface area contributed by atoms with E-state index in [1.807, 2.05) is 4.90 Å². The average molecular weight is 500 g/mol. The van der Waals surface area contributed by atoms with Crippen molar-refractivity contribution in [1.29, 1.82) is 0 Å². The maximum atomic E-state index is 13.3. The normalized spacial score (nSPS) is 19.9. The van der Waals surface area contributed by atoms with Gasteiger partial charge in [0.1, 0.15) is 0 Å². The van der Waals surface area contributed by atoms with Crippen molar-refractivity contribution in [2.75, 3.05) is 57.4 Å². The molecule has 2 saturated heterocycles. The Morgan fingerprint density at radius 1 is 0.886 bits per heavy atom. The summed E-state index contributed by atoms with van der Waals surface area (Å²) < 4.78 is 39.3. The number of carbonyl (C=O) groups excluding carboxylic acids is 1. The van der Waals surface area contributed by atoms with E-state index in [0.717, 1.165) is 19.5 Å². The van der Waals surface area contributed by atoms with Gasteiger partial charge in [-0.2, -0.15) is 4.31 Å². The summed E-state index contributed by atoms with van der Waals surface area (Å²) in [7, 11) is -3.66. The lowest BCUT2D eigenvalue weighted by atomic mass is 9.96. The molecule has 5 rings (SSSR count). The Hall–Kier alpha value is -2.78. The number of piperidine rings is 1. The van der Waals surface area contributed by atoms with E-state index in [2.05, 4.69) is 36.1 Å². The highest BCUT2D eigenvalue weighted by atomic mass is 32.2. The lowest BCUT2D eigenvalue weighted by Crippen LogP contribution is -2.52. The van der Waals surface area contributed by atoms with Crippen LogP contribution in [0.3, 0.4) is 0 Å². The lowest BCUT2D eigenvalue weighted by Gasteiger charge is -2.39. The van der Waals surface area contributed by atoms with Gasteiger partial charge in [-0.1, -0.05) is 12.1 Å². The smallest absolute Gasteiger partial charge is 0.243 e. The second-order valence-electron chi connectivity index (χ2n) is 9.49. The topological polar surface area (TPSA) is 79.4 Å². The molecule has 0 N–H and O–H groups in total. The third-order valence-electron chi connectivity index (χ3n) is 7.12. The number of sulfonamides is 1. The standard InChI is InChI=1S/C26H33N3O5S/c1-20-4-2-5-22(18-20)27-12-14-28(15-13-27)26(30)21-8-10-29(11-9-21)35(31,32)23-6-7-24-25(19-23)34-17-3-16-33-24/h2,4-7,18-19,21H,3,8-17H2,1H3. The molecule has 0 atom stereocenters. The van der Waals surface area contributed by atoms with Gasteiger partial charge in [-0.3, -0.25) is 4.79 Å². The number of ether oxygens (including phenoxy) is 2. The Morgan fingerprint density at radius 3 is 2.31 bits per heavy atom. The molecule has 0 aromatic heterocycles. The monoisotopic (exact) mass is 499 g/mol. The highest BCUT2D eigenvalue weighted by molar-refractivity contribution is 7.89. The van der Waals surface area contributed by atoms with E-state index >= 15 is 0 Å². The van der Waals surface area contributed by atoms with Gasteiger partial charge in [-0.05, 0) is 49.6 Å². The fraction of sp³-hybridized carbons (Fsp3) is 0.500. The number of anilines is 1. The summed E-state index contributed by atoms with van der Waals surface area (Å²) in [5.41, 5.74) is 2.43. The Kier molecular flexibility index (Phi) is 6.88. The molecule has 3 heterocycles. The molecule has 3 aliphatic rings. The van der Waals surface area contributed by atoms with Gasteiger partial charge in [-0.25, -0.2) is 8.42 Å². The number of amides is 1. The Bertz CT molecular complexity index is 1170. The fourth-order valence-electron chi connectivity index (χ4n) is 5.06. The molecule has 0 radical (unpaired) electrons. The van der Waals surface area contributed by atoms with Gasteiger partial charge >= 0.3 is 0 Å². The number of fused-ring (bicyclic) bond motifs is 1. The number of carbonyl (C=O) groups is 1. The largest absolute Gasteiger partial charge is 0.490 e. The number of benzene rings is 2. The number of hydrogen-bond acceptors (Lipinski definition) is 6. The summed E-state index contributed by atoms with van der Waals surface area (Å²) >= 11 is 0. The third kappa shape index (κ3) is 5.11. The van der Waals surface area contributed by atoms with Crippen molar-refractivity contribution in [1.82, 2.24) is 9.21 Å². The molecule has 0 aliphatic carbocycles. The highest BCUT2D eigenvalue weighted by Gasteiger charge is 2.35. The second-order valence-corrected chi connectivity index (χ2v) is 11.4. The Morgan fingerprint density at radius 2 is 1.60 bits per heavy atom. The van der Waals surface area contributed by atoms with E-state index in [1.165, 1.54) is 15.6 Å². The molecule has 0 spiro atoms. The minimum Gasteiger partial charge on any atom is -0.490 e. The average Bonchev–Trinajstić information content (AvgIpc) is 3.13. The molecule has 188 valence electrons. The van der Waals surface area contributed by atoms with Crippen LogP contribution < -0.4 is 14.4 Å². The number of nitrogens with zero attached hydrogens (tertiary/aromatic N) is 3. The summed E-state index contributed by atoms with van der Waals surface area (Å²) in [6, 6.07) is 13.2. The molecular formula is C26H33N3O5S. The van der Waals surface area contributed by atoms with Crippen molar-refractivity contribution in [2.24, 2.45) is 5.92 Å². The Balaban J connectivity index is 1.17. The summed E-state index contributed by atoms with van der Waals surface area (Å²) in [4.78, 5) is 17.7. The lowest BCUT2D eigenvalue weighted by molar-refractivity contribution is -0.137. The van der Waals surface area contributed by atoms with Gasteiger partial charge in [0.05, 0.1) is 18.1 Å². The first-order valence-electron chi connectivity index (χ1n) is 12.4. The van der Waals surface area contributed by atoms with Crippen molar-refractivity contribution in [3.8, 4) is 11.5 Å². The maximum absolute atomic E-state index is 13.3. The van der Waals surface area contributed by atoms with Crippen molar-refractivity contribution < 1.29 is 22.7 Å². The first kappa shape index (κ1) is 23.9. The van der Waals surface area contributed by atoms with Crippen LogP contribution in [0.4, 0.5) is 5.69 Å². The van der Waals surface area contributed by atoms with Crippen molar-refractivity contribution >= 4 is 21.6 Å². The van der Waals surface area contributed by atoms with Crippen LogP contribution in [0.25, 0.3) is 0 Å². The molecule has 0 saturated carbocycles. The number of rotatable bonds is 4. The summed E-state index contributed by atoms with van der Waals surface area (Å²) in [5, 5.41) is 0. The molecule has 0 bridgehead atoms. The van der Waals surface area contributed by atoms with Gasteiger partial charge in [0.2, 0.25) is 15.9 Å². The highest BCUT2D eigenvalue weighted by Crippen LogP contribution is 2.34. The SMILES string of the molecule is Cc1cccc(N2CCN(C(=O)C3CCN(S(=O)(=O)c4ccc5c(c4)OCCCO5)CC3)CC2)c1. The Labute approximate surface area is 207 Å². The van der Waals surface area contributed by atoms with E-state index in [9.17, 15) is 13.2 Å². The molecule has 2 aromatic rings. The van der Waals surface area contributed by atoms with Gasteiger partial charge < -0.3 is 19.3 Å². The zero-order valence-corrected chi connectivity index (χ0v) is 21.0.